The minimum Gasteiger partial charge on any atom is -0.467 e. The van der Waals surface area contributed by atoms with E-state index in [1.807, 2.05) is 6.07 Å². The van der Waals surface area contributed by atoms with E-state index in [-0.39, 0.29) is 10.6 Å². The van der Waals surface area contributed by atoms with Gasteiger partial charge in [-0.3, -0.25) is 4.79 Å². The molecule has 0 spiro atoms. The summed E-state index contributed by atoms with van der Waals surface area (Å²) in [4.78, 5) is 24.3. The molecule has 0 aliphatic rings. The van der Waals surface area contributed by atoms with E-state index in [9.17, 15) is 9.59 Å². The fourth-order valence-corrected chi connectivity index (χ4v) is 2.42. The van der Waals surface area contributed by atoms with Gasteiger partial charge in [-0.15, -0.1) is 0 Å². The van der Waals surface area contributed by atoms with Crippen LogP contribution in [0, 0.1) is 0 Å². The van der Waals surface area contributed by atoms with Gasteiger partial charge in [-0.2, -0.15) is 0 Å². The van der Waals surface area contributed by atoms with Gasteiger partial charge in [0.15, 0.2) is 6.04 Å². The highest BCUT2D eigenvalue weighted by Gasteiger charge is 2.24. The summed E-state index contributed by atoms with van der Waals surface area (Å²) < 4.78 is 4.75. The second kappa shape index (κ2) is 7.29. The number of carbonyl (C=O) groups excluding carboxylic acids is 2. The van der Waals surface area contributed by atoms with Crippen LogP contribution in [0.4, 0.5) is 0 Å². The Morgan fingerprint density at radius 2 is 1.77 bits per heavy atom. The largest absolute Gasteiger partial charge is 0.467 e. The molecule has 0 aliphatic carbocycles. The number of nitrogens with one attached hydrogen (secondary N) is 1. The van der Waals surface area contributed by atoms with Crippen LogP contribution in [0.5, 0.6) is 0 Å². The normalized spacial score (nSPS) is 11.6. The first kappa shape index (κ1) is 16.3. The summed E-state index contributed by atoms with van der Waals surface area (Å²) >= 11 is 11.8. The zero-order chi connectivity index (χ0) is 16.1. The molecule has 1 amide bonds. The van der Waals surface area contributed by atoms with Crippen molar-refractivity contribution in [2.24, 2.45) is 0 Å². The Morgan fingerprint density at radius 3 is 2.36 bits per heavy atom. The van der Waals surface area contributed by atoms with E-state index in [0.717, 1.165) is 0 Å². The highest BCUT2D eigenvalue weighted by Crippen LogP contribution is 2.22. The average Bonchev–Trinajstić information content (AvgIpc) is 2.52. The van der Waals surface area contributed by atoms with E-state index in [2.05, 4.69) is 5.32 Å². The Bertz CT molecular complexity index is 689. The molecule has 1 unspecified atom stereocenters. The van der Waals surface area contributed by atoms with Crippen LogP contribution in [0.15, 0.2) is 48.5 Å². The van der Waals surface area contributed by atoms with Crippen molar-refractivity contribution >= 4 is 35.1 Å². The third kappa shape index (κ3) is 3.78. The number of methoxy groups -OCH3 is 1. The maximum Gasteiger partial charge on any atom is 0.333 e. The number of benzene rings is 2. The molecule has 22 heavy (non-hydrogen) atoms. The third-order valence-electron chi connectivity index (χ3n) is 3.02. The van der Waals surface area contributed by atoms with Gasteiger partial charge in [0.25, 0.3) is 5.91 Å². The number of carbonyl (C=O) groups is 2. The van der Waals surface area contributed by atoms with Gasteiger partial charge in [0, 0.05) is 5.02 Å². The second-order valence-corrected chi connectivity index (χ2v) is 5.31. The number of esters is 1. The zero-order valence-corrected chi connectivity index (χ0v) is 13.2. The fraction of sp³-hybridized carbons (Fsp3) is 0.125. The molecule has 1 atom stereocenters. The van der Waals surface area contributed by atoms with E-state index in [4.69, 9.17) is 27.9 Å². The molecule has 2 aromatic rings. The van der Waals surface area contributed by atoms with Gasteiger partial charge in [-0.05, 0) is 23.8 Å². The molecule has 114 valence electrons. The Hall–Kier alpha value is -2.04. The number of halogens is 2. The molecule has 6 heteroatoms. The lowest BCUT2D eigenvalue weighted by Crippen LogP contribution is -2.34. The fourth-order valence-electron chi connectivity index (χ4n) is 1.92. The van der Waals surface area contributed by atoms with Crippen LogP contribution < -0.4 is 5.32 Å². The van der Waals surface area contributed by atoms with Gasteiger partial charge in [-0.25, -0.2) is 4.79 Å². The van der Waals surface area contributed by atoms with Crippen molar-refractivity contribution in [2.75, 3.05) is 7.11 Å². The maximum atomic E-state index is 12.3. The molecule has 2 rings (SSSR count). The van der Waals surface area contributed by atoms with Crippen molar-refractivity contribution in [3.63, 3.8) is 0 Å². The van der Waals surface area contributed by atoms with Gasteiger partial charge < -0.3 is 10.1 Å². The summed E-state index contributed by atoms with van der Waals surface area (Å²) in [5.41, 5.74) is 0.851. The molecule has 0 radical (unpaired) electrons. The molecule has 0 heterocycles. The van der Waals surface area contributed by atoms with Crippen molar-refractivity contribution in [1.29, 1.82) is 0 Å². The SMILES string of the molecule is COC(=O)C(NC(=O)c1ccc(Cl)cc1Cl)c1ccccc1. The number of ether oxygens (including phenoxy) is 1. The molecule has 0 saturated carbocycles. The number of rotatable bonds is 4. The van der Waals surface area contributed by atoms with Crippen molar-refractivity contribution in [3.05, 3.63) is 69.7 Å². The van der Waals surface area contributed by atoms with Crippen molar-refractivity contribution < 1.29 is 14.3 Å². The number of hydrogen-bond acceptors (Lipinski definition) is 3. The van der Waals surface area contributed by atoms with Gasteiger partial charge in [0.1, 0.15) is 0 Å². The molecular formula is C16H13Cl2NO3. The summed E-state index contributed by atoms with van der Waals surface area (Å²) in [7, 11) is 1.26. The molecule has 0 bridgehead atoms. The summed E-state index contributed by atoms with van der Waals surface area (Å²) in [5.74, 6) is -1.05. The summed E-state index contributed by atoms with van der Waals surface area (Å²) in [6.45, 7) is 0. The monoisotopic (exact) mass is 337 g/mol. The predicted molar refractivity (Wildman–Crippen MR) is 85.1 cm³/mol. The summed E-state index contributed by atoms with van der Waals surface area (Å²) in [6, 6.07) is 12.4. The average molecular weight is 338 g/mol. The van der Waals surface area contributed by atoms with Crippen LogP contribution >= 0.6 is 23.2 Å². The molecule has 0 aliphatic heterocycles. The Morgan fingerprint density at radius 1 is 1.09 bits per heavy atom. The van der Waals surface area contributed by atoms with Crippen LogP contribution in [0.2, 0.25) is 10.0 Å². The molecule has 2 aromatic carbocycles. The van der Waals surface area contributed by atoms with Crippen LogP contribution in [0.3, 0.4) is 0 Å². The zero-order valence-electron chi connectivity index (χ0n) is 11.7. The minimum absolute atomic E-state index is 0.210. The number of hydrogen-bond donors (Lipinski definition) is 1. The van der Waals surface area contributed by atoms with E-state index in [1.165, 1.54) is 19.2 Å². The van der Waals surface area contributed by atoms with Crippen molar-refractivity contribution in [2.45, 2.75) is 6.04 Å². The Balaban J connectivity index is 2.27. The first-order chi connectivity index (χ1) is 10.5. The number of amides is 1. The molecule has 0 fully saturated rings. The lowest BCUT2D eigenvalue weighted by atomic mass is 10.1. The van der Waals surface area contributed by atoms with Gasteiger partial charge in [-0.1, -0.05) is 53.5 Å². The molecule has 4 nitrogen and oxygen atoms in total. The highest BCUT2D eigenvalue weighted by molar-refractivity contribution is 6.36. The third-order valence-corrected chi connectivity index (χ3v) is 3.57. The van der Waals surface area contributed by atoms with E-state index >= 15 is 0 Å². The molecule has 0 aromatic heterocycles. The molecule has 0 saturated heterocycles. The van der Waals surface area contributed by atoms with Crippen LogP contribution in [-0.2, 0) is 9.53 Å². The van der Waals surface area contributed by atoms with Gasteiger partial charge in [0.2, 0.25) is 0 Å². The predicted octanol–water partition coefficient (Wildman–Crippen LogP) is 3.64. The first-order valence-electron chi connectivity index (χ1n) is 6.41. The van der Waals surface area contributed by atoms with E-state index in [0.29, 0.717) is 10.6 Å². The van der Waals surface area contributed by atoms with Gasteiger partial charge in [0.05, 0.1) is 17.7 Å². The summed E-state index contributed by atoms with van der Waals surface area (Å²) in [6.07, 6.45) is 0. The lowest BCUT2D eigenvalue weighted by molar-refractivity contribution is -0.143. The smallest absolute Gasteiger partial charge is 0.333 e. The van der Waals surface area contributed by atoms with Crippen LogP contribution in [-0.4, -0.2) is 19.0 Å². The molecule has 1 N–H and O–H groups in total. The molecular weight excluding hydrogens is 325 g/mol. The quantitative estimate of drug-likeness (QED) is 0.866. The van der Waals surface area contributed by atoms with Crippen LogP contribution in [0.25, 0.3) is 0 Å². The van der Waals surface area contributed by atoms with Crippen molar-refractivity contribution in [3.8, 4) is 0 Å². The standard InChI is InChI=1S/C16H13Cl2NO3/c1-22-16(21)14(10-5-3-2-4-6-10)19-15(20)12-8-7-11(17)9-13(12)18/h2-9,14H,1H3,(H,19,20). The highest BCUT2D eigenvalue weighted by atomic mass is 35.5. The van der Waals surface area contributed by atoms with Crippen molar-refractivity contribution in [1.82, 2.24) is 5.32 Å². The first-order valence-corrected chi connectivity index (χ1v) is 7.17. The lowest BCUT2D eigenvalue weighted by Gasteiger charge is -2.17. The second-order valence-electron chi connectivity index (χ2n) is 4.46. The maximum absolute atomic E-state index is 12.3. The van der Waals surface area contributed by atoms with E-state index < -0.39 is 17.9 Å². The topological polar surface area (TPSA) is 55.4 Å². The van der Waals surface area contributed by atoms with E-state index in [1.54, 1.807) is 30.3 Å². The minimum atomic E-state index is -0.912. The Kier molecular flexibility index (Phi) is 5.41. The van der Waals surface area contributed by atoms with Gasteiger partial charge >= 0.3 is 5.97 Å². The van der Waals surface area contributed by atoms with Crippen LogP contribution in [0.1, 0.15) is 22.0 Å². The summed E-state index contributed by atoms with van der Waals surface area (Å²) in [5, 5.41) is 3.25. The Labute approximate surface area is 138 Å².